The van der Waals surface area contributed by atoms with Crippen LogP contribution >= 0.6 is 0 Å². The second kappa shape index (κ2) is 8.97. The first-order valence-corrected chi connectivity index (χ1v) is 12.2. The maximum absolute atomic E-state index is 13.6. The minimum atomic E-state index is -1.40. The smallest absolute Gasteiger partial charge is 0.324 e. The van der Waals surface area contributed by atoms with E-state index in [-0.39, 0.29) is 17.7 Å². The van der Waals surface area contributed by atoms with Crippen molar-refractivity contribution in [3.8, 4) is 0 Å². The van der Waals surface area contributed by atoms with E-state index in [4.69, 9.17) is 0 Å². The van der Waals surface area contributed by atoms with Crippen LogP contribution in [0.15, 0.2) is 18.2 Å². The predicted octanol–water partition coefficient (Wildman–Crippen LogP) is 4.14. The fraction of sp³-hybridized carbons (Fsp3) is 0.654. The minimum Gasteiger partial charge on any atom is -0.480 e. The first-order chi connectivity index (χ1) is 15.3. The minimum absolute atomic E-state index is 0.210. The van der Waals surface area contributed by atoms with Gasteiger partial charge in [0, 0.05) is 12.6 Å². The molecule has 4 unspecified atom stereocenters. The number of amides is 2. The van der Waals surface area contributed by atoms with Gasteiger partial charge in [0.15, 0.2) is 0 Å². The number of fused-ring (bicyclic) bond motifs is 1. The number of carbonyl (C=O) groups is 3. The topological polar surface area (TPSA) is 86.7 Å². The van der Waals surface area contributed by atoms with Gasteiger partial charge in [-0.25, -0.2) is 0 Å². The third-order valence-corrected chi connectivity index (χ3v) is 7.97. The van der Waals surface area contributed by atoms with E-state index in [2.05, 4.69) is 5.32 Å². The van der Waals surface area contributed by atoms with Crippen LogP contribution in [-0.2, 0) is 14.4 Å². The van der Waals surface area contributed by atoms with Crippen molar-refractivity contribution in [2.75, 3.05) is 6.54 Å². The number of benzene rings is 1. The Morgan fingerprint density at radius 1 is 1.16 bits per heavy atom. The van der Waals surface area contributed by atoms with Crippen molar-refractivity contribution in [1.82, 2.24) is 10.2 Å². The van der Waals surface area contributed by atoms with Crippen molar-refractivity contribution in [3.05, 3.63) is 34.9 Å². The normalized spacial score (nSPS) is 30.7. The molecule has 2 N–H and O–H groups in total. The number of carbonyl (C=O) groups excluding carboxylic acids is 2. The third-order valence-electron chi connectivity index (χ3n) is 7.97. The number of aliphatic carboxylic acids is 1. The van der Waals surface area contributed by atoms with E-state index in [9.17, 15) is 19.5 Å². The number of hydrogen-bond acceptors (Lipinski definition) is 4. The Morgan fingerprint density at radius 2 is 1.88 bits per heavy atom. The number of carboxylic acid groups (broad SMARTS) is 1. The van der Waals surface area contributed by atoms with Crippen molar-refractivity contribution in [1.29, 1.82) is 0 Å². The molecule has 1 aromatic carbocycles. The molecule has 6 heteroatoms. The number of unbranched alkanes of at least 4 members (excludes halogenated alkanes) is 1. The lowest BCUT2D eigenvalue weighted by Crippen LogP contribution is -2.57. The number of carboxylic acids is 1. The zero-order valence-electron chi connectivity index (χ0n) is 19.5. The molecule has 2 amide bonds. The Balaban J connectivity index is 1.79. The van der Waals surface area contributed by atoms with Crippen LogP contribution in [0.5, 0.6) is 0 Å². The first-order valence-electron chi connectivity index (χ1n) is 12.2. The maximum atomic E-state index is 13.6. The van der Waals surface area contributed by atoms with Gasteiger partial charge in [0.1, 0.15) is 5.54 Å². The van der Waals surface area contributed by atoms with Crippen molar-refractivity contribution in [3.63, 3.8) is 0 Å². The summed E-state index contributed by atoms with van der Waals surface area (Å²) in [4.78, 5) is 41.4. The van der Waals surface area contributed by atoms with Crippen molar-refractivity contribution in [2.45, 2.75) is 83.7 Å². The number of nitrogens with zero attached hydrogens (tertiary/aromatic N) is 1. The molecule has 0 aromatic heterocycles. The summed E-state index contributed by atoms with van der Waals surface area (Å²) >= 11 is 0. The molecule has 0 bridgehead atoms. The standard InChI is InChI=1S/C26H36N2O4/c1-4-5-13-28-23(29)20-21(24(28)30)26(25(31)32,15-18-9-7-6-8-10-18)27-22(20)19-14-16(2)11-12-17(19)3/h11-12,14,18,20-22,27H,4-10,13,15H2,1-3H3,(H,31,32). The SMILES string of the molecule is CCCCN1C(=O)C2C(c3cc(C)ccc3C)NC(CC3CCCCC3)(C(=O)O)C2C1=O. The van der Waals surface area contributed by atoms with Gasteiger partial charge < -0.3 is 5.11 Å². The molecule has 1 aromatic rings. The molecule has 2 heterocycles. The lowest BCUT2D eigenvalue weighted by Gasteiger charge is -2.35. The summed E-state index contributed by atoms with van der Waals surface area (Å²) in [6.07, 6.45) is 7.38. The predicted molar refractivity (Wildman–Crippen MR) is 122 cm³/mol. The van der Waals surface area contributed by atoms with Gasteiger partial charge >= 0.3 is 5.97 Å². The van der Waals surface area contributed by atoms with E-state index in [1.54, 1.807) is 0 Å². The van der Waals surface area contributed by atoms with Crippen LogP contribution in [0.2, 0.25) is 0 Å². The zero-order valence-corrected chi connectivity index (χ0v) is 19.5. The average Bonchev–Trinajstić information content (AvgIpc) is 3.24. The molecule has 1 saturated carbocycles. The lowest BCUT2D eigenvalue weighted by molar-refractivity contribution is -0.152. The molecule has 6 nitrogen and oxygen atoms in total. The number of aryl methyl sites for hydroxylation is 2. The summed E-state index contributed by atoms with van der Waals surface area (Å²) in [5.41, 5.74) is 1.60. The average molecular weight is 441 g/mol. The molecule has 3 aliphatic rings. The molecule has 2 aliphatic heterocycles. The van der Waals surface area contributed by atoms with Crippen LogP contribution < -0.4 is 5.32 Å². The number of imide groups is 1. The van der Waals surface area contributed by atoms with Gasteiger partial charge in [-0.1, -0.05) is 69.2 Å². The summed E-state index contributed by atoms with van der Waals surface area (Å²) < 4.78 is 0. The fourth-order valence-corrected chi connectivity index (χ4v) is 6.28. The third kappa shape index (κ3) is 3.76. The van der Waals surface area contributed by atoms with Crippen LogP contribution in [0, 0.1) is 31.6 Å². The maximum Gasteiger partial charge on any atom is 0.324 e. The number of nitrogens with one attached hydrogen (secondary N) is 1. The van der Waals surface area contributed by atoms with Gasteiger partial charge in [-0.15, -0.1) is 0 Å². The molecule has 4 rings (SSSR count). The Labute approximate surface area is 190 Å². The second-order valence-electron chi connectivity index (χ2n) is 10.2. The van der Waals surface area contributed by atoms with E-state index >= 15 is 0 Å². The largest absolute Gasteiger partial charge is 0.480 e. The first kappa shape index (κ1) is 23.0. The Bertz CT molecular complexity index is 907. The lowest BCUT2D eigenvalue weighted by atomic mass is 9.72. The number of rotatable bonds is 7. The van der Waals surface area contributed by atoms with Crippen LogP contribution in [0.3, 0.4) is 0 Å². The fourth-order valence-electron chi connectivity index (χ4n) is 6.28. The highest BCUT2D eigenvalue weighted by Gasteiger charge is 2.68. The number of hydrogen-bond donors (Lipinski definition) is 2. The van der Waals surface area contributed by atoms with Gasteiger partial charge in [-0.3, -0.25) is 24.6 Å². The monoisotopic (exact) mass is 440 g/mol. The summed E-state index contributed by atoms with van der Waals surface area (Å²) in [6.45, 7) is 6.39. The van der Waals surface area contributed by atoms with E-state index in [0.717, 1.165) is 55.2 Å². The molecule has 4 atom stereocenters. The molecular formula is C26H36N2O4. The highest BCUT2D eigenvalue weighted by atomic mass is 16.4. The van der Waals surface area contributed by atoms with Gasteiger partial charge in [-0.05, 0) is 43.7 Å². The van der Waals surface area contributed by atoms with Gasteiger partial charge in [0.2, 0.25) is 11.8 Å². The summed E-state index contributed by atoms with van der Waals surface area (Å²) in [7, 11) is 0. The summed E-state index contributed by atoms with van der Waals surface area (Å²) in [5.74, 6) is -2.76. The molecule has 2 saturated heterocycles. The van der Waals surface area contributed by atoms with E-state index < -0.39 is 29.4 Å². The van der Waals surface area contributed by atoms with Crippen molar-refractivity contribution >= 4 is 17.8 Å². The summed E-state index contributed by atoms with van der Waals surface area (Å²) in [6, 6.07) is 5.60. The Hall–Kier alpha value is -2.21. The zero-order chi connectivity index (χ0) is 23.0. The second-order valence-corrected chi connectivity index (χ2v) is 10.2. The Morgan fingerprint density at radius 3 is 2.53 bits per heavy atom. The molecule has 32 heavy (non-hydrogen) atoms. The van der Waals surface area contributed by atoms with Crippen LogP contribution in [-0.4, -0.2) is 39.9 Å². The van der Waals surface area contributed by atoms with Crippen LogP contribution in [0.1, 0.15) is 81.0 Å². The van der Waals surface area contributed by atoms with E-state index in [1.165, 1.54) is 11.3 Å². The van der Waals surface area contributed by atoms with Gasteiger partial charge in [0.25, 0.3) is 0 Å². The molecule has 0 spiro atoms. The molecular weight excluding hydrogens is 404 g/mol. The quantitative estimate of drug-likeness (QED) is 0.622. The highest BCUT2D eigenvalue weighted by molar-refractivity contribution is 6.09. The molecule has 3 fully saturated rings. The summed E-state index contributed by atoms with van der Waals surface area (Å²) in [5, 5.41) is 14.0. The van der Waals surface area contributed by atoms with E-state index in [1.807, 2.05) is 39.0 Å². The number of likely N-dealkylation sites (tertiary alicyclic amines) is 1. The van der Waals surface area contributed by atoms with Crippen LogP contribution in [0.25, 0.3) is 0 Å². The van der Waals surface area contributed by atoms with Crippen LogP contribution in [0.4, 0.5) is 0 Å². The Kier molecular flexibility index (Phi) is 6.44. The van der Waals surface area contributed by atoms with E-state index in [0.29, 0.717) is 13.0 Å². The van der Waals surface area contributed by atoms with Gasteiger partial charge in [0.05, 0.1) is 11.8 Å². The highest BCUT2D eigenvalue weighted by Crippen LogP contribution is 2.52. The molecule has 174 valence electrons. The van der Waals surface area contributed by atoms with Crippen molar-refractivity contribution in [2.24, 2.45) is 17.8 Å². The van der Waals surface area contributed by atoms with Gasteiger partial charge in [-0.2, -0.15) is 0 Å². The van der Waals surface area contributed by atoms with Crippen molar-refractivity contribution < 1.29 is 19.5 Å². The molecule has 1 aliphatic carbocycles. The molecule has 0 radical (unpaired) electrons.